The molecule has 1 aromatic heterocycles. The van der Waals surface area contributed by atoms with Gasteiger partial charge < -0.3 is 29.2 Å². The number of fused-ring (bicyclic) bond motifs is 2. The average molecular weight is 599 g/mol. The number of carbonyl (C=O) groups excluding carboxylic acids is 2. The highest BCUT2D eigenvalue weighted by atomic mass is 32.2. The van der Waals surface area contributed by atoms with Crippen LogP contribution in [0.5, 0.6) is 23.0 Å². The SMILES string of the molecule is Cc1ccc(CN(C(=O)CSc2nc(C)cc(C)n2)[C@@H](C(=O)Nc2ccc3c(c2)OCO3)c2ccc3c(c2)OCO3)cc1. The normalized spacial score (nSPS) is 13.5. The van der Waals surface area contributed by atoms with Crippen molar-refractivity contribution in [3.05, 3.63) is 94.8 Å². The van der Waals surface area contributed by atoms with Gasteiger partial charge in [-0.15, -0.1) is 0 Å². The number of hydrogen-bond donors (Lipinski definition) is 1. The minimum Gasteiger partial charge on any atom is -0.454 e. The number of nitrogens with one attached hydrogen (secondary N) is 1. The number of carbonyl (C=O) groups is 2. The first-order chi connectivity index (χ1) is 20.8. The monoisotopic (exact) mass is 598 g/mol. The van der Waals surface area contributed by atoms with Crippen LogP contribution in [0.2, 0.25) is 0 Å². The van der Waals surface area contributed by atoms with Gasteiger partial charge in [0.15, 0.2) is 28.2 Å². The van der Waals surface area contributed by atoms with Crippen molar-refractivity contribution in [2.45, 2.75) is 38.5 Å². The number of ether oxygens (including phenoxy) is 4. The van der Waals surface area contributed by atoms with E-state index in [-0.39, 0.29) is 31.8 Å². The number of rotatable bonds is 9. The maximum absolute atomic E-state index is 14.2. The zero-order valence-corrected chi connectivity index (χ0v) is 24.8. The lowest BCUT2D eigenvalue weighted by Gasteiger charge is -2.31. The molecule has 0 fully saturated rings. The summed E-state index contributed by atoms with van der Waals surface area (Å²) in [7, 11) is 0. The van der Waals surface area contributed by atoms with Gasteiger partial charge in [0, 0.05) is 29.7 Å². The van der Waals surface area contributed by atoms with E-state index in [1.165, 1.54) is 11.8 Å². The molecule has 220 valence electrons. The van der Waals surface area contributed by atoms with Gasteiger partial charge in [-0.3, -0.25) is 9.59 Å². The molecule has 3 heterocycles. The topological polar surface area (TPSA) is 112 Å². The minimum absolute atomic E-state index is 0.0348. The molecule has 0 saturated carbocycles. The van der Waals surface area contributed by atoms with Crippen LogP contribution in [0.25, 0.3) is 0 Å². The Labute approximate surface area is 253 Å². The second-order valence-electron chi connectivity index (χ2n) is 10.3. The van der Waals surface area contributed by atoms with Crippen LogP contribution in [0.4, 0.5) is 5.69 Å². The molecule has 10 nitrogen and oxygen atoms in total. The Morgan fingerprint density at radius 3 is 2.14 bits per heavy atom. The molecule has 2 aliphatic rings. The van der Waals surface area contributed by atoms with Crippen LogP contribution in [-0.4, -0.2) is 46.0 Å². The van der Waals surface area contributed by atoms with Crippen LogP contribution in [0.3, 0.4) is 0 Å². The van der Waals surface area contributed by atoms with Gasteiger partial charge in [-0.25, -0.2) is 9.97 Å². The number of thioether (sulfide) groups is 1. The minimum atomic E-state index is -1.01. The molecule has 1 N–H and O–H groups in total. The molecule has 2 amide bonds. The summed E-state index contributed by atoms with van der Waals surface area (Å²) in [4.78, 5) is 38.8. The first-order valence-electron chi connectivity index (χ1n) is 13.7. The summed E-state index contributed by atoms with van der Waals surface area (Å²) in [5, 5.41) is 3.49. The van der Waals surface area contributed by atoms with Crippen molar-refractivity contribution in [1.29, 1.82) is 0 Å². The summed E-state index contributed by atoms with van der Waals surface area (Å²) in [5.41, 5.74) is 4.71. The van der Waals surface area contributed by atoms with Crippen molar-refractivity contribution in [2.24, 2.45) is 0 Å². The number of nitrogens with zero attached hydrogens (tertiary/aromatic N) is 3. The molecule has 1 atom stereocenters. The lowest BCUT2D eigenvalue weighted by molar-refractivity contribution is -0.137. The third-order valence-corrected chi connectivity index (χ3v) is 7.82. The van der Waals surface area contributed by atoms with Gasteiger partial charge in [-0.05, 0) is 62.2 Å². The first-order valence-corrected chi connectivity index (χ1v) is 14.7. The lowest BCUT2D eigenvalue weighted by atomic mass is 10.0. The van der Waals surface area contributed by atoms with E-state index in [9.17, 15) is 9.59 Å². The molecule has 11 heteroatoms. The van der Waals surface area contributed by atoms with Crippen molar-refractivity contribution in [1.82, 2.24) is 14.9 Å². The van der Waals surface area contributed by atoms with Gasteiger partial charge in [0.1, 0.15) is 6.04 Å². The molecule has 0 unspecified atom stereocenters. The molecule has 0 saturated heterocycles. The van der Waals surface area contributed by atoms with Crippen LogP contribution >= 0.6 is 11.8 Å². The third-order valence-electron chi connectivity index (χ3n) is 6.99. The highest BCUT2D eigenvalue weighted by Crippen LogP contribution is 2.38. The van der Waals surface area contributed by atoms with Gasteiger partial charge in [-0.1, -0.05) is 47.7 Å². The van der Waals surface area contributed by atoms with Crippen molar-refractivity contribution < 1.29 is 28.5 Å². The van der Waals surface area contributed by atoms with Gasteiger partial charge >= 0.3 is 0 Å². The Hall–Kier alpha value is -4.77. The smallest absolute Gasteiger partial charge is 0.251 e. The summed E-state index contributed by atoms with van der Waals surface area (Å²) in [6, 6.07) is 19.2. The molecule has 3 aromatic carbocycles. The van der Waals surface area contributed by atoms with E-state index >= 15 is 0 Å². The average Bonchev–Trinajstić information content (AvgIpc) is 3.65. The van der Waals surface area contributed by atoms with Crippen molar-refractivity contribution >= 4 is 29.3 Å². The van der Waals surface area contributed by atoms with E-state index < -0.39 is 11.9 Å². The summed E-state index contributed by atoms with van der Waals surface area (Å²) in [6.07, 6.45) is 0. The molecule has 43 heavy (non-hydrogen) atoms. The molecule has 4 aromatic rings. The van der Waals surface area contributed by atoms with Crippen molar-refractivity contribution in [2.75, 3.05) is 24.7 Å². The number of benzene rings is 3. The third kappa shape index (κ3) is 6.51. The Morgan fingerprint density at radius 2 is 1.44 bits per heavy atom. The highest BCUT2D eigenvalue weighted by Gasteiger charge is 2.33. The quantitative estimate of drug-likeness (QED) is 0.201. The summed E-state index contributed by atoms with van der Waals surface area (Å²) < 4.78 is 22.0. The van der Waals surface area contributed by atoms with Gasteiger partial charge in [0.05, 0.1) is 5.75 Å². The zero-order valence-electron chi connectivity index (χ0n) is 24.0. The number of amides is 2. The van der Waals surface area contributed by atoms with Crippen molar-refractivity contribution in [3.63, 3.8) is 0 Å². The van der Waals surface area contributed by atoms with E-state index in [4.69, 9.17) is 18.9 Å². The molecule has 0 bridgehead atoms. The molecule has 0 aliphatic carbocycles. The fraction of sp³-hybridized carbons (Fsp3) is 0.250. The van der Waals surface area contributed by atoms with E-state index in [1.807, 2.05) is 51.1 Å². The van der Waals surface area contributed by atoms with Crippen LogP contribution in [-0.2, 0) is 16.1 Å². The predicted octanol–water partition coefficient (Wildman–Crippen LogP) is 5.36. The van der Waals surface area contributed by atoms with Gasteiger partial charge in [0.2, 0.25) is 19.5 Å². The van der Waals surface area contributed by atoms with E-state index in [1.54, 1.807) is 41.3 Å². The largest absolute Gasteiger partial charge is 0.454 e. The Kier molecular flexibility index (Phi) is 8.06. The molecular formula is C32H30N4O6S. The molecule has 0 radical (unpaired) electrons. The summed E-state index contributed by atoms with van der Waals surface area (Å²) in [5.74, 6) is 1.62. The van der Waals surface area contributed by atoms with Crippen LogP contribution in [0.1, 0.15) is 34.1 Å². The van der Waals surface area contributed by atoms with E-state index in [0.717, 1.165) is 22.5 Å². The number of aromatic nitrogens is 2. The maximum atomic E-state index is 14.2. The van der Waals surface area contributed by atoms with Gasteiger partial charge in [0.25, 0.3) is 5.91 Å². The lowest BCUT2D eigenvalue weighted by Crippen LogP contribution is -2.41. The van der Waals surface area contributed by atoms with Crippen LogP contribution in [0, 0.1) is 20.8 Å². The predicted molar refractivity (Wildman–Crippen MR) is 160 cm³/mol. The van der Waals surface area contributed by atoms with Crippen LogP contribution in [0.15, 0.2) is 71.9 Å². The number of anilines is 1. The summed E-state index contributed by atoms with van der Waals surface area (Å²) >= 11 is 1.24. The van der Waals surface area contributed by atoms with Gasteiger partial charge in [-0.2, -0.15) is 0 Å². The molecule has 0 spiro atoms. The molecular weight excluding hydrogens is 568 g/mol. The van der Waals surface area contributed by atoms with Crippen LogP contribution < -0.4 is 24.3 Å². The second kappa shape index (κ2) is 12.2. The standard InChI is InChI=1S/C32H30N4O6S/c1-19-4-6-22(7-5-19)15-36(29(37)16-43-32-33-20(2)12-21(3)34-32)30(23-8-10-25-27(13-23)41-17-39-25)31(38)35-24-9-11-26-28(14-24)42-18-40-26/h4-14,30H,15-18H2,1-3H3,(H,35,38)/t30-/m1/s1. The molecule has 2 aliphatic heterocycles. The highest BCUT2D eigenvalue weighted by molar-refractivity contribution is 7.99. The van der Waals surface area contributed by atoms with E-state index in [0.29, 0.717) is 39.4 Å². The Bertz CT molecular complexity index is 1660. The summed E-state index contributed by atoms with van der Waals surface area (Å²) in [6.45, 7) is 6.18. The second-order valence-corrected chi connectivity index (χ2v) is 11.2. The fourth-order valence-electron chi connectivity index (χ4n) is 4.92. The number of hydrogen-bond acceptors (Lipinski definition) is 9. The van der Waals surface area contributed by atoms with Crippen molar-refractivity contribution in [3.8, 4) is 23.0 Å². The zero-order chi connectivity index (χ0) is 29.9. The molecule has 6 rings (SSSR count). The fourth-order valence-corrected chi connectivity index (χ4v) is 5.76. The Balaban J connectivity index is 1.36. The van der Waals surface area contributed by atoms with E-state index in [2.05, 4.69) is 15.3 Å². The Morgan fingerprint density at radius 1 is 0.814 bits per heavy atom. The maximum Gasteiger partial charge on any atom is 0.251 e. The first kappa shape index (κ1) is 28.4. The number of aryl methyl sites for hydroxylation is 3.